The molecule has 0 radical (unpaired) electrons. The topological polar surface area (TPSA) is 58.4 Å². The van der Waals surface area contributed by atoms with E-state index in [0.29, 0.717) is 25.0 Å². The predicted molar refractivity (Wildman–Crippen MR) is 76.5 cm³/mol. The molecular formula is C15H23N3O. The third-order valence-electron chi connectivity index (χ3n) is 3.59. The number of hydrogen-bond acceptors (Lipinski definition) is 3. The Labute approximate surface area is 115 Å². The molecule has 1 aromatic rings. The predicted octanol–water partition coefficient (Wildman–Crippen LogP) is 0.972. The van der Waals surface area contributed by atoms with Crippen molar-refractivity contribution in [3.8, 4) is 0 Å². The normalized spacial score (nSPS) is 22.1. The largest absolute Gasteiger partial charge is 0.351 e. The summed E-state index contributed by atoms with van der Waals surface area (Å²) in [6.45, 7) is 2.02. The molecular weight excluding hydrogens is 238 g/mol. The van der Waals surface area contributed by atoms with Crippen LogP contribution in [0.4, 0.5) is 0 Å². The number of nitrogens with zero attached hydrogens (tertiary/aromatic N) is 1. The molecule has 1 aromatic carbocycles. The number of likely N-dealkylation sites (N-methyl/N-ethyl adjacent to an activating group) is 1. The van der Waals surface area contributed by atoms with Gasteiger partial charge < -0.3 is 11.1 Å². The van der Waals surface area contributed by atoms with Gasteiger partial charge in [0.1, 0.15) is 0 Å². The number of amides is 1. The maximum Gasteiger partial charge on any atom is 0.234 e. The molecule has 0 saturated heterocycles. The maximum absolute atomic E-state index is 11.8. The van der Waals surface area contributed by atoms with Crippen molar-refractivity contribution >= 4 is 5.91 Å². The lowest BCUT2D eigenvalue weighted by Gasteiger charge is -2.35. The van der Waals surface area contributed by atoms with Gasteiger partial charge in [0.05, 0.1) is 6.54 Å². The lowest BCUT2D eigenvalue weighted by atomic mass is 9.81. The van der Waals surface area contributed by atoms with E-state index in [9.17, 15) is 4.79 Å². The highest BCUT2D eigenvalue weighted by molar-refractivity contribution is 5.77. The van der Waals surface area contributed by atoms with Gasteiger partial charge in [-0.15, -0.1) is 0 Å². The molecule has 104 valence electrons. The molecule has 3 N–H and O–H groups in total. The average Bonchev–Trinajstić information content (AvgIpc) is 2.36. The highest BCUT2D eigenvalue weighted by Crippen LogP contribution is 2.25. The summed E-state index contributed by atoms with van der Waals surface area (Å²) in [5.41, 5.74) is 6.89. The summed E-state index contributed by atoms with van der Waals surface area (Å²) in [7, 11) is 1.99. The molecule has 0 spiro atoms. The van der Waals surface area contributed by atoms with Gasteiger partial charge in [0.2, 0.25) is 5.91 Å². The molecule has 0 unspecified atom stereocenters. The van der Waals surface area contributed by atoms with Gasteiger partial charge in [-0.1, -0.05) is 30.3 Å². The number of carbonyl (C=O) groups excluding carboxylic acids is 1. The van der Waals surface area contributed by atoms with Crippen LogP contribution in [0.25, 0.3) is 0 Å². The van der Waals surface area contributed by atoms with Crippen molar-refractivity contribution in [3.63, 3.8) is 0 Å². The Balaban J connectivity index is 1.63. The summed E-state index contributed by atoms with van der Waals surface area (Å²) in [5.74, 6) is 0.747. The van der Waals surface area contributed by atoms with Crippen LogP contribution < -0.4 is 11.1 Å². The van der Waals surface area contributed by atoms with E-state index >= 15 is 0 Å². The first-order valence-corrected chi connectivity index (χ1v) is 6.88. The highest BCUT2D eigenvalue weighted by Gasteiger charge is 2.26. The first-order chi connectivity index (χ1) is 9.13. The van der Waals surface area contributed by atoms with Crippen LogP contribution in [0.5, 0.6) is 0 Å². The molecule has 0 bridgehead atoms. The van der Waals surface area contributed by atoms with Gasteiger partial charge in [-0.3, -0.25) is 9.69 Å². The van der Waals surface area contributed by atoms with E-state index in [0.717, 1.165) is 24.9 Å². The Morgan fingerprint density at radius 1 is 1.37 bits per heavy atom. The third kappa shape index (κ3) is 4.65. The Hall–Kier alpha value is -1.39. The van der Waals surface area contributed by atoms with E-state index in [2.05, 4.69) is 10.2 Å². The number of nitrogens with one attached hydrogen (secondary N) is 1. The second-order valence-corrected chi connectivity index (χ2v) is 5.56. The van der Waals surface area contributed by atoms with E-state index in [1.54, 1.807) is 0 Å². The van der Waals surface area contributed by atoms with Crippen LogP contribution in [0.2, 0.25) is 0 Å². The summed E-state index contributed by atoms with van der Waals surface area (Å²) in [5, 5.41) is 2.94. The first-order valence-electron chi connectivity index (χ1n) is 6.88. The molecule has 0 aromatic heterocycles. The molecule has 19 heavy (non-hydrogen) atoms. The summed E-state index contributed by atoms with van der Waals surface area (Å²) in [6, 6.07) is 10.3. The summed E-state index contributed by atoms with van der Waals surface area (Å²) >= 11 is 0. The van der Waals surface area contributed by atoms with E-state index in [-0.39, 0.29) is 5.91 Å². The standard InChI is InChI=1S/C15H23N3O/c1-18(10-13-7-14(16)8-13)11-15(19)17-9-12-5-3-2-4-6-12/h2-6,13-14H,7-11,16H2,1H3,(H,17,19). The monoisotopic (exact) mass is 261 g/mol. The molecule has 0 atom stereocenters. The molecule has 4 heteroatoms. The number of rotatable bonds is 6. The summed E-state index contributed by atoms with van der Waals surface area (Å²) in [4.78, 5) is 13.9. The smallest absolute Gasteiger partial charge is 0.234 e. The van der Waals surface area contributed by atoms with Crippen LogP contribution in [0.15, 0.2) is 30.3 Å². The maximum atomic E-state index is 11.8. The van der Waals surface area contributed by atoms with Crippen molar-refractivity contribution in [2.45, 2.75) is 25.4 Å². The SMILES string of the molecule is CN(CC(=O)NCc1ccccc1)CC1CC(N)C1. The zero-order valence-electron chi connectivity index (χ0n) is 11.5. The van der Waals surface area contributed by atoms with Crippen LogP contribution in [0.1, 0.15) is 18.4 Å². The van der Waals surface area contributed by atoms with Crippen molar-refractivity contribution in [3.05, 3.63) is 35.9 Å². The Kier molecular flexibility index (Phi) is 4.93. The average molecular weight is 261 g/mol. The van der Waals surface area contributed by atoms with Crippen molar-refractivity contribution in [2.24, 2.45) is 11.7 Å². The molecule has 1 fully saturated rings. The van der Waals surface area contributed by atoms with Gasteiger partial charge in [0.15, 0.2) is 0 Å². The summed E-state index contributed by atoms with van der Waals surface area (Å²) < 4.78 is 0. The highest BCUT2D eigenvalue weighted by atomic mass is 16.2. The van der Waals surface area contributed by atoms with Crippen LogP contribution in [-0.4, -0.2) is 37.0 Å². The van der Waals surface area contributed by atoms with Gasteiger partial charge in [0, 0.05) is 19.1 Å². The zero-order valence-corrected chi connectivity index (χ0v) is 11.5. The molecule has 1 amide bonds. The second kappa shape index (κ2) is 6.68. The second-order valence-electron chi connectivity index (χ2n) is 5.56. The van der Waals surface area contributed by atoms with Gasteiger partial charge >= 0.3 is 0 Å². The number of hydrogen-bond donors (Lipinski definition) is 2. The quantitative estimate of drug-likeness (QED) is 0.802. The van der Waals surface area contributed by atoms with Crippen LogP contribution >= 0.6 is 0 Å². The number of nitrogens with two attached hydrogens (primary N) is 1. The van der Waals surface area contributed by atoms with Crippen molar-refractivity contribution in [1.29, 1.82) is 0 Å². The zero-order chi connectivity index (χ0) is 13.7. The van der Waals surface area contributed by atoms with Crippen LogP contribution in [-0.2, 0) is 11.3 Å². The van der Waals surface area contributed by atoms with E-state index in [1.807, 2.05) is 37.4 Å². The Morgan fingerprint density at radius 2 is 2.05 bits per heavy atom. The fourth-order valence-electron chi connectivity index (χ4n) is 2.54. The molecule has 0 heterocycles. The summed E-state index contributed by atoms with van der Waals surface area (Å²) in [6.07, 6.45) is 2.19. The van der Waals surface area contributed by atoms with Crippen LogP contribution in [0, 0.1) is 5.92 Å². The van der Waals surface area contributed by atoms with Gasteiger partial charge in [-0.2, -0.15) is 0 Å². The molecule has 1 aliphatic carbocycles. The minimum absolute atomic E-state index is 0.0787. The first kappa shape index (κ1) is 14.0. The van der Waals surface area contributed by atoms with Crippen molar-refractivity contribution < 1.29 is 4.79 Å². The Morgan fingerprint density at radius 3 is 2.68 bits per heavy atom. The van der Waals surface area contributed by atoms with E-state index in [1.165, 1.54) is 0 Å². The Bertz CT molecular complexity index is 401. The number of benzene rings is 1. The molecule has 1 aliphatic rings. The van der Waals surface area contributed by atoms with Gasteiger partial charge in [-0.25, -0.2) is 0 Å². The lowest BCUT2D eigenvalue weighted by Crippen LogP contribution is -2.44. The van der Waals surface area contributed by atoms with Crippen molar-refractivity contribution in [1.82, 2.24) is 10.2 Å². The fraction of sp³-hybridized carbons (Fsp3) is 0.533. The lowest BCUT2D eigenvalue weighted by molar-refractivity contribution is -0.122. The molecule has 1 saturated carbocycles. The molecule has 4 nitrogen and oxygen atoms in total. The third-order valence-corrected chi connectivity index (χ3v) is 3.59. The van der Waals surface area contributed by atoms with Crippen LogP contribution in [0.3, 0.4) is 0 Å². The fourth-order valence-corrected chi connectivity index (χ4v) is 2.54. The van der Waals surface area contributed by atoms with E-state index in [4.69, 9.17) is 5.73 Å². The minimum Gasteiger partial charge on any atom is -0.351 e. The minimum atomic E-state index is 0.0787. The van der Waals surface area contributed by atoms with Crippen molar-refractivity contribution in [2.75, 3.05) is 20.1 Å². The molecule has 2 rings (SSSR count). The van der Waals surface area contributed by atoms with Gasteiger partial charge in [0.25, 0.3) is 0 Å². The molecule has 0 aliphatic heterocycles. The number of carbonyl (C=O) groups is 1. The van der Waals surface area contributed by atoms with Gasteiger partial charge in [-0.05, 0) is 31.4 Å². The van der Waals surface area contributed by atoms with E-state index < -0.39 is 0 Å².